The highest BCUT2D eigenvalue weighted by Crippen LogP contribution is 2.31. The topological polar surface area (TPSA) is 57.1 Å². The van der Waals surface area contributed by atoms with Crippen LogP contribution >= 0.6 is 38.5 Å². The van der Waals surface area contributed by atoms with Crippen molar-refractivity contribution in [3.8, 4) is 11.5 Å². The minimum atomic E-state index is -0.481. The van der Waals surface area contributed by atoms with Gasteiger partial charge in [0.25, 0.3) is 0 Å². The van der Waals surface area contributed by atoms with E-state index in [1.807, 2.05) is 57.2 Å². The summed E-state index contributed by atoms with van der Waals surface area (Å²) < 4.78 is 18.8. The molecular formula is C21H19BrINO4. The molecule has 0 unspecified atom stereocenters. The summed E-state index contributed by atoms with van der Waals surface area (Å²) in [6.07, 6.45) is 1.72. The summed E-state index contributed by atoms with van der Waals surface area (Å²) in [7, 11) is 0. The van der Waals surface area contributed by atoms with Crippen LogP contribution in [-0.2, 0) is 9.53 Å². The number of hydrogen-bond donors (Lipinski definition) is 0. The van der Waals surface area contributed by atoms with E-state index in [-0.39, 0.29) is 17.7 Å². The van der Waals surface area contributed by atoms with Crippen molar-refractivity contribution in [1.29, 1.82) is 0 Å². The molecule has 0 saturated carbocycles. The van der Waals surface area contributed by atoms with E-state index in [4.69, 9.17) is 14.2 Å². The molecule has 0 spiro atoms. The third kappa shape index (κ3) is 4.94. The first kappa shape index (κ1) is 20.9. The Morgan fingerprint density at radius 2 is 2.00 bits per heavy atom. The highest BCUT2D eigenvalue weighted by Gasteiger charge is 2.24. The lowest BCUT2D eigenvalue weighted by atomic mass is 10.1. The van der Waals surface area contributed by atoms with Crippen LogP contribution in [0, 0.1) is 3.57 Å². The lowest BCUT2D eigenvalue weighted by Crippen LogP contribution is -2.07. The fourth-order valence-corrected chi connectivity index (χ4v) is 3.27. The Balaban J connectivity index is 1.91. The van der Waals surface area contributed by atoms with Gasteiger partial charge in [-0.2, -0.15) is 0 Å². The number of benzene rings is 2. The van der Waals surface area contributed by atoms with Crippen molar-refractivity contribution in [2.24, 2.45) is 4.99 Å². The van der Waals surface area contributed by atoms with Gasteiger partial charge in [0.2, 0.25) is 5.90 Å². The van der Waals surface area contributed by atoms with Crippen molar-refractivity contribution in [2.45, 2.75) is 26.9 Å². The Morgan fingerprint density at radius 3 is 2.68 bits per heavy atom. The Labute approximate surface area is 186 Å². The van der Waals surface area contributed by atoms with Crippen LogP contribution < -0.4 is 9.47 Å². The van der Waals surface area contributed by atoms with Crippen molar-refractivity contribution < 1.29 is 19.0 Å². The largest absolute Gasteiger partial charge is 0.490 e. The molecule has 2 aromatic rings. The van der Waals surface area contributed by atoms with Gasteiger partial charge in [0.15, 0.2) is 17.2 Å². The van der Waals surface area contributed by atoms with E-state index in [0.29, 0.717) is 18.1 Å². The predicted molar refractivity (Wildman–Crippen MR) is 121 cm³/mol. The molecule has 0 amide bonds. The maximum atomic E-state index is 12.3. The summed E-state index contributed by atoms with van der Waals surface area (Å²) >= 11 is 5.70. The Hall–Kier alpha value is -1.87. The molecule has 3 rings (SSSR count). The van der Waals surface area contributed by atoms with Crippen molar-refractivity contribution in [3.63, 3.8) is 0 Å². The fourth-order valence-electron chi connectivity index (χ4n) is 2.55. The fraction of sp³-hybridized carbons (Fsp3) is 0.238. The Bertz CT molecular complexity index is 969. The van der Waals surface area contributed by atoms with Crippen LogP contribution in [0.5, 0.6) is 11.5 Å². The zero-order valence-corrected chi connectivity index (χ0v) is 19.4. The summed E-state index contributed by atoms with van der Waals surface area (Å²) in [6.45, 7) is 6.34. The van der Waals surface area contributed by atoms with Crippen LogP contribution in [0.3, 0.4) is 0 Å². The highest BCUT2D eigenvalue weighted by molar-refractivity contribution is 14.1. The third-order valence-electron chi connectivity index (χ3n) is 3.72. The van der Waals surface area contributed by atoms with Gasteiger partial charge < -0.3 is 14.2 Å². The molecular weight excluding hydrogens is 537 g/mol. The highest BCUT2D eigenvalue weighted by atomic mass is 127. The molecule has 2 aromatic carbocycles. The normalized spacial score (nSPS) is 15.0. The average Bonchev–Trinajstić information content (AvgIpc) is 3.00. The van der Waals surface area contributed by atoms with Crippen LogP contribution in [0.4, 0.5) is 0 Å². The molecule has 146 valence electrons. The first-order chi connectivity index (χ1) is 13.4. The number of esters is 1. The maximum absolute atomic E-state index is 12.3. The number of nitrogens with zero attached hydrogens (tertiary/aromatic N) is 1. The van der Waals surface area contributed by atoms with Gasteiger partial charge in [-0.1, -0.05) is 6.07 Å². The number of carbonyl (C=O) groups is 1. The van der Waals surface area contributed by atoms with Crippen LogP contribution in [0.1, 0.15) is 31.9 Å². The number of aliphatic imine (C=N–C) groups is 1. The smallest absolute Gasteiger partial charge is 0.363 e. The van der Waals surface area contributed by atoms with Gasteiger partial charge in [0, 0.05) is 13.6 Å². The maximum Gasteiger partial charge on any atom is 0.363 e. The Morgan fingerprint density at radius 1 is 1.21 bits per heavy atom. The number of cyclic esters (lactones) is 1. The lowest BCUT2D eigenvalue weighted by molar-refractivity contribution is -0.129. The van der Waals surface area contributed by atoms with Crippen LogP contribution in [0.2, 0.25) is 0 Å². The zero-order chi connectivity index (χ0) is 20.3. The number of rotatable bonds is 6. The summed E-state index contributed by atoms with van der Waals surface area (Å²) in [5, 5.41) is 0. The molecule has 0 fully saturated rings. The molecule has 7 heteroatoms. The first-order valence-electron chi connectivity index (χ1n) is 8.79. The Kier molecular flexibility index (Phi) is 6.77. The van der Waals surface area contributed by atoms with E-state index in [1.165, 1.54) is 0 Å². The summed E-state index contributed by atoms with van der Waals surface area (Å²) in [5.74, 6) is 1.10. The summed E-state index contributed by atoms with van der Waals surface area (Å²) in [6, 6.07) is 11.2. The van der Waals surface area contributed by atoms with Gasteiger partial charge in [-0.25, -0.2) is 9.79 Å². The minimum Gasteiger partial charge on any atom is -0.490 e. The van der Waals surface area contributed by atoms with E-state index in [2.05, 4.69) is 43.5 Å². The van der Waals surface area contributed by atoms with Crippen LogP contribution in [0.25, 0.3) is 6.08 Å². The number of carbonyl (C=O) groups excluding carboxylic acids is 1. The van der Waals surface area contributed by atoms with E-state index in [9.17, 15) is 4.79 Å². The molecule has 0 saturated heterocycles. The molecule has 0 atom stereocenters. The second kappa shape index (κ2) is 9.09. The van der Waals surface area contributed by atoms with Crippen molar-refractivity contribution in [2.75, 3.05) is 6.61 Å². The van der Waals surface area contributed by atoms with Gasteiger partial charge in [-0.3, -0.25) is 0 Å². The zero-order valence-electron chi connectivity index (χ0n) is 15.7. The van der Waals surface area contributed by atoms with Crippen LogP contribution in [-0.4, -0.2) is 24.6 Å². The number of ether oxygens (including phenoxy) is 3. The standard InChI is InChI=1S/C21H19BrINO4/c1-4-26-19-10-13(5-8-18(19)27-12(2)3)9-17-21(25)28-20(24-17)14-6-7-16(23)15(22)11-14/h5-12H,4H2,1-3H3/b17-9-. The monoisotopic (exact) mass is 555 g/mol. The second-order valence-electron chi connectivity index (χ2n) is 6.27. The molecule has 1 aliphatic rings. The van der Waals surface area contributed by atoms with Crippen molar-refractivity contribution in [1.82, 2.24) is 0 Å². The molecule has 1 heterocycles. The van der Waals surface area contributed by atoms with E-state index >= 15 is 0 Å². The average molecular weight is 556 g/mol. The molecule has 1 aliphatic heterocycles. The summed E-state index contributed by atoms with van der Waals surface area (Å²) in [4.78, 5) is 16.6. The third-order valence-corrected chi connectivity index (χ3v) is 6.06. The second-order valence-corrected chi connectivity index (χ2v) is 8.29. The van der Waals surface area contributed by atoms with Gasteiger partial charge in [-0.05, 0) is 101 Å². The number of halogens is 2. The van der Waals surface area contributed by atoms with Crippen LogP contribution in [0.15, 0.2) is 51.6 Å². The van der Waals surface area contributed by atoms with Gasteiger partial charge >= 0.3 is 5.97 Å². The van der Waals surface area contributed by atoms with E-state index in [1.54, 1.807) is 6.08 Å². The molecule has 28 heavy (non-hydrogen) atoms. The summed E-state index contributed by atoms with van der Waals surface area (Å²) in [5.41, 5.74) is 1.75. The molecule has 0 bridgehead atoms. The van der Waals surface area contributed by atoms with Crippen molar-refractivity contribution >= 4 is 56.5 Å². The van der Waals surface area contributed by atoms with Gasteiger partial charge in [0.05, 0.1) is 12.7 Å². The quantitative estimate of drug-likeness (QED) is 0.265. The predicted octanol–water partition coefficient (Wildman–Crippen LogP) is 5.58. The molecule has 0 N–H and O–H groups in total. The molecule has 0 radical (unpaired) electrons. The molecule has 5 nitrogen and oxygen atoms in total. The SMILES string of the molecule is CCOc1cc(/C=C2\N=C(c3ccc(I)c(Br)c3)OC2=O)ccc1OC(C)C. The molecule has 0 aliphatic carbocycles. The van der Waals surface area contributed by atoms with Gasteiger partial charge in [-0.15, -0.1) is 0 Å². The lowest BCUT2D eigenvalue weighted by Gasteiger charge is -2.14. The van der Waals surface area contributed by atoms with Gasteiger partial charge in [0.1, 0.15) is 0 Å². The van der Waals surface area contributed by atoms with E-state index < -0.39 is 5.97 Å². The van der Waals surface area contributed by atoms with E-state index in [0.717, 1.165) is 19.2 Å². The first-order valence-corrected chi connectivity index (χ1v) is 10.7. The number of hydrogen-bond acceptors (Lipinski definition) is 5. The molecule has 0 aromatic heterocycles. The minimum absolute atomic E-state index is 0.0358. The van der Waals surface area contributed by atoms with Crippen molar-refractivity contribution in [3.05, 3.63) is 61.3 Å².